The number of fused-ring (bicyclic) bond motifs is 1. The van der Waals surface area contributed by atoms with E-state index in [-0.39, 0.29) is 11.9 Å². The van der Waals surface area contributed by atoms with Crippen LogP contribution in [0, 0.1) is 0 Å². The Morgan fingerprint density at radius 1 is 1.14 bits per heavy atom. The second-order valence-corrected chi connectivity index (χ2v) is 6.38. The summed E-state index contributed by atoms with van der Waals surface area (Å²) in [5.41, 5.74) is 4.37. The minimum atomic E-state index is 0.121. The Morgan fingerprint density at radius 2 is 1.86 bits per heavy atom. The zero-order valence-electron chi connectivity index (χ0n) is 13.5. The Bertz CT molecular complexity index is 482. The number of carbonyl (C=O) groups is 1. The smallest absolute Gasteiger partial charge is 0.221 e. The Morgan fingerprint density at radius 3 is 2.57 bits per heavy atom. The molecule has 1 aromatic carbocycles. The first-order valence-corrected chi connectivity index (χ1v) is 8.20. The number of amides is 1. The highest BCUT2D eigenvalue weighted by Gasteiger charge is 2.12. The van der Waals surface area contributed by atoms with Crippen molar-refractivity contribution in [2.45, 2.75) is 65.0 Å². The van der Waals surface area contributed by atoms with Gasteiger partial charge in [0.15, 0.2) is 0 Å². The topological polar surface area (TPSA) is 41.1 Å². The van der Waals surface area contributed by atoms with Gasteiger partial charge in [-0.05, 0) is 63.1 Å². The molecule has 21 heavy (non-hydrogen) atoms. The first-order chi connectivity index (χ1) is 10.1. The Kier molecular flexibility index (Phi) is 5.80. The van der Waals surface area contributed by atoms with Gasteiger partial charge in [0.1, 0.15) is 0 Å². The van der Waals surface area contributed by atoms with Gasteiger partial charge in [-0.1, -0.05) is 18.2 Å². The summed E-state index contributed by atoms with van der Waals surface area (Å²) >= 11 is 0. The second-order valence-electron chi connectivity index (χ2n) is 6.38. The van der Waals surface area contributed by atoms with Crippen LogP contribution in [-0.4, -0.2) is 18.5 Å². The lowest BCUT2D eigenvalue weighted by Crippen LogP contribution is -2.33. The summed E-state index contributed by atoms with van der Waals surface area (Å²) in [5.74, 6) is 0.121. The van der Waals surface area contributed by atoms with Crippen molar-refractivity contribution in [3.8, 4) is 0 Å². The van der Waals surface area contributed by atoms with Crippen molar-refractivity contribution < 1.29 is 4.79 Å². The van der Waals surface area contributed by atoms with Crippen LogP contribution < -0.4 is 10.6 Å². The van der Waals surface area contributed by atoms with Gasteiger partial charge in [-0.25, -0.2) is 0 Å². The molecule has 0 fully saturated rings. The summed E-state index contributed by atoms with van der Waals surface area (Å²) in [6.45, 7) is 6.86. The third kappa shape index (κ3) is 4.85. The van der Waals surface area contributed by atoms with Crippen molar-refractivity contribution >= 4 is 5.91 Å². The summed E-state index contributed by atoms with van der Waals surface area (Å²) in [4.78, 5) is 11.6. The van der Waals surface area contributed by atoms with Crippen LogP contribution in [-0.2, 0) is 17.6 Å². The van der Waals surface area contributed by atoms with Crippen molar-refractivity contribution in [3.05, 3.63) is 34.9 Å². The minimum absolute atomic E-state index is 0.121. The summed E-state index contributed by atoms with van der Waals surface area (Å²) < 4.78 is 0. The van der Waals surface area contributed by atoms with Crippen LogP contribution in [0.4, 0.5) is 0 Å². The van der Waals surface area contributed by atoms with Crippen molar-refractivity contribution in [2.24, 2.45) is 0 Å². The minimum Gasteiger partial charge on any atom is -0.354 e. The Balaban J connectivity index is 1.83. The fraction of sp³-hybridized carbons (Fsp3) is 0.611. The first kappa shape index (κ1) is 16.0. The first-order valence-electron chi connectivity index (χ1n) is 8.20. The predicted octanol–water partition coefficient (Wildman–Crippen LogP) is 3.13. The number of hydrogen-bond donors (Lipinski definition) is 2. The van der Waals surface area contributed by atoms with Crippen LogP contribution in [0.3, 0.4) is 0 Å². The van der Waals surface area contributed by atoms with Gasteiger partial charge in [-0.15, -0.1) is 0 Å². The molecule has 3 heteroatoms. The van der Waals surface area contributed by atoms with Gasteiger partial charge in [-0.3, -0.25) is 4.79 Å². The molecule has 0 bridgehead atoms. The lowest BCUT2D eigenvalue weighted by atomic mass is 9.89. The van der Waals surface area contributed by atoms with E-state index in [0.717, 1.165) is 6.54 Å². The monoisotopic (exact) mass is 288 g/mol. The lowest BCUT2D eigenvalue weighted by molar-refractivity contribution is -0.121. The maximum Gasteiger partial charge on any atom is 0.221 e. The fourth-order valence-electron chi connectivity index (χ4n) is 2.94. The van der Waals surface area contributed by atoms with E-state index in [2.05, 4.69) is 35.8 Å². The molecular weight excluding hydrogens is 260 g/mol. The highest BCUT2D eigenvalue weighted by atomic mass is 16.1. The van der Waals surface area contributed by atoms with E-state index in [1.165, 1.54) is 42.4 Å². The van der Waals surface area contributed by atoms with E-state index in [1.807, 2.05) is 13.8 Å². The molecule has 1 aliphatic rings. The average molecular weight is 288 g/mol. The third-order valence-corrected chi connectivity index (χ3v) is 4.12. The molecule has 3 nitrogen and oxygen atoms in total. The Hall–Kier alpha value is -1.35. The predicted molar refractivity (Wildman–Crippen MR) is 87.4 cm³/mol. The lowest BCUT2D eigenvalue weighted by Gasteiger charge is -2.20. The second kappa shape index (κ2) is 7.60. The van der Waals surface area contributed by atoms with E-state index in [9.17, 15) is 4.79 Å². The molecule has 2 N–H and O–H groups in total. The molecule has 0 aromatic heterocycles. The highest BCUT2D eigenvalue weighted by molar-refractivity contribution is 5.76. The van der Waals surface area contributed by atoms with Crippen LogP contribution in [0.5, 0.6) is 0 Å². The number of hydrogen-bond acceptors (Lipinski definition) is 2. The number of benzene rings is 1. The number of carbonyl (C=O) groups excluding carboxylic acids is 1. The molecule has 1 aromatic rings. The van der Waals surface area contributed by atoms with Crippen molar-refractivity contribution in [1.29, 1.82) is 0 Å². The average Bonchev–Trinajstić information content (AvgIpc) is 2.45. The summed E-state index contributed by atoms with van der Waals surface area (Å²) in [5, 5.41) is 6.37. The summed E-state index contributed by atoms with van der Waals surface area (Å²) in [7, 11) is 0. The molecule has 1 atom stereocenters. The van der Waals surface area contributed by atoms with Gasteiger partial charge in [0, 0.05) is 25.0 Å². The van der Waals surface area contributed by atoms with Gasteiger partial charge in [0.25, 0.3) is 0 Å². The molecule has 1 unspecified atom stereocenters. The van der Waals surface area contributed by atoms with Crippen LogP contribution >= 0.6 is 0 Å². The molecule has 0 radical (unpaired) electrons. The van der Waals surface area contributed by atoms with Gasteiger partial charge in [-0.2, -0.15) is 0 Å². The normalized spacial score (nSPS) is 15.6. The summed E-state index contributed by atoms with van der Waals surface area (Å²) in [6.07, 6.45) is 5.62. The highest BCUT2D eigenvalue weighted by Crippen LogP contribution is 2.24. The quantitative estimate of drug-likeness (QED) is 0.844. The van der Waals surface area contributed by atoms with E-state index in [0.29, 0.717) is 12.5 Å². The molecular formula is C18H28N2O. The zero-order chi connectivity index (χ0) is 15.2. The fourth-order valence-corrected chi connectivity index (χ4v) is 2.94. The van der Waals surface area contributed by atoms with Crippen LogP contribution in [0.15, 0.2) is 18.2 Å². The molecule has 1 amide bonds. The van der Waals surface area contributed by atoms with Gasteiger partial charge < -0.3 is 10.6 Å². The van der Waals surface area contributed by atoms with Crippen LogP contribution in [0.25, 0.3) is 0 Å². The molecule has 0 heterocycles. The van der Waals surface area contributed by atoms with E-state index >= 15 is 0 Å². The van der Waals surface area contributed by atoms with E-state index in [4.69, 9.17) is 0 Å². The maximum absolute atomic E-state index is 11.6. The maximum atomic E-state index is 11.6. The molecule has 0 spiro atoms. The zero-order valence-corrected chi connectivity index (χ0v) is 13.5. The van der Waals surface area contributed by atoms with Crippen molar-refractivity contribution in [2.75, 3.05) is 6.54 Å². The number of nitrogens with one attached hydrogen (secondary N) is 2. The van der Waals surface area contributed by atoms with Crippen molar-refractivity contribution in [1.82, 2.24) is 10.6 Å². The Labute approximate surface area is 128 Å². The van der Waals surface area contributed by atoms with Crippen LogP contribution in [0.1, 0.15) is 62.8 Å². The van der Waals surface area contributed by atoms with E-state index < -0.39 is 0 Å². The SMILES string of the molecule is CC(C)NC(=O)CCNC(C)c1ccc2c(c1)CCCC2. The molecule has 0 aliphatic heterocycles. The molecule has 2 rings (SSSR count). The molecule has 0 saturated heterocycles. The van der Waals surface area contributed by atoms with Crippen molar-refractivity contribution in [3.63, 3.8) is 0 Å². The van der Waals surface area contributed by atoms with E-state index in [1.54, 1.807) is 0 Å². The van der Waals surface area contributed by atoms with Gasteiger partial charge in [0.2, 0.25) is 5.91 Å². The number of rotatable bonds is 6. The largest absolute Gasteiger partial charge is 0.354 e. The van der Waals surface area contributed by atoms with Gasteiger partial charge in [0.05, 0.1) is 0 Å². The third-order valence-electron chi connectivity index (χ3n) is 4.12. The molecule has 1 aliphatic carbocycles. The van der Waals surface area contributed by atoms with Gasteiger partial charge >= 0.3 is 0 Å². The van der Waals surface area contributed by atoms with Crippen LogP contribution in [0.2, 0.25) is 0 Å². The number of aryl methyl sites for hydroxylation is 2. The summed E-state index contributed by atoms with van der Waals surface area (Å²) in [6, 6.07) is 7.38. The molecule has 116 valence electrons. The standard InChI is InChI=1S/C18H28N2O/c1-13(2)20-18(21)10-11-19-14(3)16-9-8-15-6-4-5-7-17(15)12-16/h8-9,12-14,19H,4-7,10-11H2,1-3H3,(H,20,21). The molecule has 0 saturated carbocycles.